The fourth-order valence-electron chi connectivity index (χ4n) is 2.06. The van der Waals surface area contributed by atoms with Crippen molar-refractivity contribution in [2.24, 2.45) is 0 Å². The number of hydrogen-bond acceptors (Lipinski definition) is 0. The van der Waals surface area contributed by atoms with Gasteiger partial charge in [0, 0.05) is 1.37 Å². The van der Waals surface area contributed by atoms with E-state index < -0.39 is 0 Å². The Kier molecular flexibility index (Phi) is 2.31. The first-order valence-electron chi connectivity index (χ1n) is 5.78. The molecule has 1 aromatic rings. The molecule has 0 radical (unpaired) electrons. The van der Waals surface area contributed by atoms with Crippen LogP contribution in [0.4, 0.5) is 0 Å². The van der Waals surface area contributed by atoms with Gasteiger partial charge in [0.1, 0.15) is 0 Å². The molecule has 0 nitrogen and oxygen atoms in total. The van der Waals surface area contributed by atoms with Crippen LogP contribution in [-0.2, 0) is 0 Å². The maximum absolute atomic E-state index is 8.43. The number of aryl methyl sites for hydroxylation is 1. The first-order valence-corrected chi connectivity index (χ1v) is 5.28. The molecule has 70 valence electrons. The molecule has 0 bridgehead atoms. The van der Waals surface area contributed by atoms with Gasteiger partial charge in [-0.05, 0) is 31.2 Å². The lowest BCUT2D eigenvalue weighted by Gasteiger charge is -2.21. The molecule has 13 heavy (non-hydrogen) atoms. The minimum atomic E-state index is -0.286. The molecule has 0 unspecified atom stereocenters. The zero-order chi connectivity index (χ0) is 10.0. The van der Waals surface area contributed by atoms with Crippen molar-refractivity contribution in [2.75, 3.05) is 0 Å². The van der Waals surface area contributed by atoms with Crippen molar-refractivity contribution in [1.82, 2.24) is 0 Å². The van der Waals surface area contributed by atoms with E-state index >= 15 is 0 Å². The lowest BCUT2D eigenvalue weighted by molar-refractivity contribution is 0.443. The molecule has 0 atom stereocenters. The second-order valence-corrected chi connectivity index (χ2v) is 4.03. The topological polar surface area (TPSA) is 0 Å². The zero-order valence-electron chi connectivity index (χ0n) is 9.34. The summed E-state index contributed by atoms with van der Waals surface area (Å²) in [6, 6.07) is 8.52. The van der Waals surface area contributed by atoms with Crippen LogP contribution in [0.2, 0.25) is 0 Å². The summed E-state index contributed by atoms with van der Waals surface area (Å²) in [7, 11) is 0. The van der Waals surface area contributed by atoms with Crippen molar-refractivity contribution in [3.05, 3.63) is 35.4 Å². The van der Waals surface area contributed by atoms with Crippen LogP contribution in [0, 0.1) is 6.92 Å². The normalized spacial score (nSPS) is 22.4. The van der Waals surface area contributed by atoms with Crippen LogP contribution < -0.4 is 0 Å². The van der Waals surface area contributed by atoms with E-state index in [9.17, 15) is 0 Å². The molecular formula is C13H18. The van der Waals surface area contributed by atoms with Crippen molar-refractivity contribution in [3.63, 3.8) is 0 Å². The fourth-order valence-corrected chi connectivity index (χ4v) is 2.06. The smallest absolute Gasteiger partial charge is 0.0352 e. The monoisotopic (exact) mass is 175 g/mol. The number of rotatable bonds is 1. The van der Waals surface area contributed by atoms with Crippen molar-refractivity contribution in [1.29, 1.82) is 0 Å². The van der Waals surface area contributed by atoms with Crippen molar-refractivity contribution < 1.29 is 1.37 Å². The highest BCUT2D eigenvalue weighted by Crippen LogP contribution is 2.32. The summed E-state index contributed by atoms with van der Waals surface area (Å²) in [5.41, 5.74) is 2.50. The molecule has 0 heteroatoms. The summed E-state index contributed by atoms with van der Waals surface area (Å²) in [6.45, 7) is 2.10. The molecule has 0 amide bonds. The van der Waals surface area contributed by atoms with E-state index in [-0.39, 0.29) is 5.89 Å². The van der Waals surface area contributed by atoms with Crippen LogP contribution >= 0.6 is 0 Å². The Hall–Kier alpha value is -0.780. The van der Waals surface area contributed by atoms with Crippen LogP contribution in [0.25, 0.3) is 0 Å². The van der Waals surface area contributed by atoms with Crippen LogP contribution in [-0.4, -0.2) is 0 Å². The predicted molar refractivity (Wildman–Crippen MR) is 57.0 cm³/mol. The van der Waals surface area contributed by atoms with E-state index in [1.807, 2.05) is 0 Å². The van der Waals surface area contributed by atoms with Gasteiger partial charge in [-0.2, -0.15) is 0 Å². The average Bonchev–Trinajstić information content (AvgIpc) is 2.19. The van der Waals surface area contributed by atoms with Crippen molar-refractivity contribution >= 4 is 0 Å². The zero-order valence-corrected chi connectivity index (χ0v) is 8.34. The molecular weight excluding hydrogens is 156 g/mol. The Morgan fingerprint density at radius 3 is 2.31 bits per heavy atom. The Bertz CT molecular complexity index is 294. The van der Waals surface area contributed by atoms with Gasteiger partial charge in [0.15, 0.2) is 0 Å². The molecule has 0 aliphatic heterocycles. The molecule has 0 saturated heterocycles. The van der Waals surface area contributed by atoms with Gasteiger partial charge in [0.2, 0.25) is 0 Å². The van der Waals surface area contributed by atoms with Crippen LogP contribution in [0.3, 0.4) is 0 Å². The largest absolute Gasteiger partial charge is 0.0590 e. The highest BCUT2D eigenvalue weighted by atomic mass is 14.2. The molecule has 1 saturated carbocycles. The molecule has 1 aliphatic rings. The van der Waals surface area contributed by atoms with Gasteiger partial charge in [-0.25, -0.2) is 0 Å². The standard InChI is InChI=1S/C13H18/c1-11-7-9-13(10-8-11)12-5-3-2-4-6-12/h7-10,12H,2-6H2,1H3/i12D. The molecule has 0 spiro atoms. The van der Waals surface area contributed by atoms with E-state index in [1.165, 1.54) is 30.4 Å². The minimum Gasteiger partial charge on any atom is -0.0590 e. The average molecular weight is 175 g/mol. The predicted octanol–water partition coefficient (Wildman–Crippen LogP) is 4.04. The van der Waals surface area contributed by atoms with Gasteiger partial charge in [0.25, 0.3) is 0 Å². The van der Waals surface area contributed by atoms with Gasteiger partial charge in [-0.15, -0.1) is 0 Å². The molecule has 0 aromatic heterocycles. The molecule has 1 aliphatic carbocycles. The van der Waals surface area contributed by atoms with Gasteiger partial charge in [-0.1, -0.05) is 49.1 Å². The summed E-state index contributed by atoms with van der Waals surface area (Å²) < 4.78 is 8.43. The Labute approximate surface area is 82.4 Å². The third-order valence-corrected chi connectivity index (χ3v) is 2.92. The fraction of sp³-hybridized carbons (Fsp3) is 0.538. The summed E-state index contributed by atoms with van der Waals surface area (Å²) in [6.07, 6.45) is 5.83. The van der Waals surface area contributed by atoms with E-state index in [0.717, 1.165) is 12.8 Å². The highest BCUT2D eigenvalue weighted by Gasteiger charge is 2.14. The highest BCUT2D eigenvalue weighted by molar-refractivity contribution is 5.24. The molecule has 0 N–H and O–H groups in total. The van der Waals surface area contributed by atoms with E-state index in [4.69, 9.17) is 1.37 Å². The number of hydrogen-bond donors (Lipinski definition) is 0. The molecule has 2 rings (SSSR count). The molecule has 0 heterocycles. The van der Waals surface area contributed by atoms with Crippen molar-refractivity contribution in [2.45, 2.75) is 44.9 Å². The second kappa shape index (κ2) is 3.95. The maximum Gasteiger partial charge on any atom is 0.0352 e. The second-order valence-electron chi connectivity index (χ2n) is 4.03. The third kappa shape index (κ3) is 2.12. The van der Waals surface area contributed by atoms with Gasteiger partial charge >= 0.3 is 0 Å². The molecule has 1 aromatic carbocycles. The van der Waals surface area contributed by atoms with Crippen LogP contribution in [0.1, 0.15) is 50.5 Å². The lowest BCUT2D eigenvalue weighted by Crippen LogP contribution is -2.04. The minimum absolute atomic E-state index is 0.286. The lowest BCUT2D eigenvalue weighted by atomic mass is 9.84. The summed E-state index contributed by atoms with van der Waals surface area (Å²) in [5, 5.41) is 0. The summed E-state index contributed by atoms with van der Waals surface area (Å²) in [5.74, 6) is -0.286. The quantitative estimate of drug-likeness (QED) is 0.604. The maximum atomic E-state index is 8.43. The first-order chi connectivity index (χ1) is 6.71. The van der Waals surface area contributed by atoms with E-state index in [0.29, 0.717) is 0 Å². The van der Waals surface area contributed by atoms with Gasteiger partial charge in [-0.3, -0.25) is 0 Å². The Balaban J connectivity index is 2.23. The Morgan fingerprint density at radius 1 is 1.08 bits per heavy atom. The summed E-state index contributed by atoms with van der Waals surface area (Å²) >= 11 is 0. The first kappa shape index (κ1) is 7.61. The van der Waals surface area contributed by atoms with Crippen LogP contribution in [0.15, 0.2) is 24.3 Å². The SMILES string of the molecule is [2H]C1(c2ccc(C)cc2)CCCCC1. The summed E-state index contributed by atoms with van der Waals surface area (Å²) in [4.78, 5) is 0. The van der Waals surface area contributed by atoms with E-state index in [2.05, 4.69) is 31.2 Å². The van der Waals surface area contributed by atoms with E-state index in [1.54, 1.807) is 0 Å². The number of benzene rings is 1. The third-order valence-electron chi connectivity index (χ3n) is 2.92. The van der Waals surface area contributed by atoms with Gasteiger partial charge < -0.3 is 0 Å². The Morgan fingerprint density at radius 2 is 1.69 bits per heavy atom. The van der Waals surface area contributed by atoms with Gasteiger partial charge in [0.05, 0.1) is 0 Å². The van der Waals surface area contributed by atoms with Crippen molar-refractivity contribution in [3.8, 4) is 0 Å². The van der Waals surface area contributed by atoms with Crippen LogP contribution in [0.5, 0.6) is 0 Å². The molecule has 1 fully saturated rings.